The molecule has 0 heterocycles. The first-order valence-electron chi connectivity index (χ1n) is 15.0. The van der Waals surface area contributed by atoms with Gasteiger partial charge in [-0.15, -0.1) is 0 Å². The van der Waals surface area contributed by atoms with Crippen molar-refractivity contribution in [3.63, 3.8) is 0 Å². The van der Waals surface area contributed by atoms with Gasteiger partial charge in [0.25, 0.3) is 0 Å². The Morgan fingerprint density at radius 3 is 2.32 bits per heavy atom. The smallest absolute Gasteiger partial charge is 0.242 e. The van der Waals surface area contributed by atoms with Gasteiger partial charge in [-0.05, 0) is 72.1 Å². The fourth-order valence-corrected chi connectivity index (χ4v) is 5.82. The Morgan fingerprint density at radius 2 is 1.68 bits per heavy atom. The van der Waals surface area contributed by atoms with Crippen LogP contribution in [0.3, 0.4) is 0 Å². The Balaban J connectivity index is 1.76. The summed E-state index contributed by atoms with van der Waals surface area (Å²) in [5, 5.41) is 9.31. The molecule has 9 nitrogen and oxygen atoms in total. The lowest BCUT2D eigenvalue weighted by molar-refractivity contribution is -0.122. The molecule has 2 atom stereocenters. The van der Waals surface area contributed by atoms with E-state index in [1.165, 1.54) is 6.92 Å². The van der Waals surface area contributed by atoms with Crippen molar-refractivity contribution in [2.24, 2.45) is 5.92 Å². The zero-order valence-corrected chi connectivity index (χ0v) is 26.4. The summed E-state index contributed by atoms with van der Waals surface area (Å²) in [6, 6.07) is 16.0. The fourth-order valence-electron chi connectivity index (χ4n) is 5.82. The van der Waals surface area contributed by atoms with E-state index in [0.717, 1.165) is 22.3 Å². The third-order valence-corrected chi connectivity index (χ3v) is 7.83. The highest BCUT2D eigenvalue weighted by Crippen LogP contribution is 2.50. The van der Waals surface area contributed by atoms with Crippen molar-refractivity contribution in [1.29, 1.82) is 0 Å². The standard InChI is InChI=1S/C35H43N3O6/c1-21(2)18-29(35(41)36-17-16-23-10-8-7-9-11-23)38-28-15-13-25-26(20-30(28)40)27(37-22(3)39)14-12-24-19-31(42-4)33(43-5)34(44-6)32(24)25/h7-11,13,15,19-21,27,29H,12,14,16-18H2,1-6H3,(H,36,41)(H,37,39)(H,38,40)/t27-,29-/m0/s1. The number of carbonyl (C=O) groups is 2. The van der Waals surface area contributed by atoms with E-state index in [4.69, 9.17) is 14.2 Å². The zero-order valence-electron chi connectivity index (χ0n) is 26.4. The van der Waals surface area contributed by atoms with Crippen LogP contribution in [0.1, 0.15) is 56.3 Å². The highest BCUT2D eigenvalue weighted by atomic mass is 16.5. The van der Waals surface area contributed by atoms with Crippen molar-refractivity contribution < 1.29 is 23.8 Å². The molecule has 3 aromatic carbocycles. The Hall–Kier alpha value is -4.53. The maximum absolute atomic E-state index is 13.8. The number of ether oxygens (including phenoxy) is 3. The number of aryl methyl sites for hydroxylation is 1. The van der Waals surface area contributed by atoms with Crippen molar-refractivity contribution in [3.8, 4) is 28.4 Å². The van der Waals surface area contributed by atoms with Gasteiger partial charge < -0.3 is 30.2 Å². The second kappa shape index (κ2) is 14.8. The van der Waals surface area contributed by atoms with Gasteiger partial charge in [-0.3, -0.25) is 14.4 Å². The predicted octanol–water partition coefficient (Wildman–Crippen LogP) is 5.05. The Labute approximate surface area is 259 Å². The van der Waals surface area contributed by atoms with Crippen molar-refractivity contribution in [1.82, 2.24) is 10.6 Å². The molecule has 2 amide bonds. The van der Waals surface area contributed by atoms with Gasteiger partial charge in [-0.25, -0.2) is 0 Å². The Kier molecular flexibility index (Phi) is 10.9. The van der Waals surface area contributed by atoms with Crippen molar-refractivity contribution in [3.05, 3.63) is 81.5 Å². The van der Waals surface area contributed by atoms with Gasteiger partial charge in [-0.2, -0.15) is 0 Å². The number of anilines is 1. The minimum Gasteiger partial charge on any atom is -0.493 e. The second-order valence-corrected chi connectivity index (χ2v) is 11.4. The molecule has 3 N–H and O–H groups in total. The molecule has 4 rings (SSSR count). The van der Waals surface area contributed by atoms with Crippen LogP contribution in [0, 0.1) is 5.92 Å². The second-order valence-electron chi connectivity index (χ2n) is 11.4. The topological polar surface area (TPSA) is 115 Å². The summed E-state index contributed by atoms with van der Waals surface area (Å²) in [4.78, 5) is 39.4. The predicted molar refractivity (Wildman–Crippen MR) is 173 cm³/mol. The fraction of sp³-hybridized carbons (Fsp3) is 0.400. The maximum atomic E-state index is 13.8. The van der Waals surface area contributed by atoms with Gasteiger partial charge in [-0.1, -0.05) is 50.2 Å². The number of hydrogen-bond acceptors (Lipinski definition) is 7. The average Bonchev–Trinajstić information content (AvgIpc) is 3.24. The number of amides is 2. The number of fused-ring (bicyclic) bond motifs is 3. The van der Waals surface area contributed by atoms with Crippen molar-refractivity contribution >= 4 is 17.5 Å². The number of nitrogens with one attached hydrogen (secondary N) is 3. The third-order valence-electron chi connectivity index (χ3n) is 7.83. The van der Waals surface area contributed by atoms with Crippen LogP contribution in [0.2, 0.25) is 0 Å². The molecule has 0 spiro atoms. The van der Waals surface area contributed by atoms with E-state index in [1.807, 2.05) is 56.3 Å². The summed E-state index contributed by atoms with van der Waals surface area (Å²) >= 11 is 0. The van der Waals surface area contributed by atoms with E-state index in [0.29, 0.717) is 60.7 Å². The SMILES string of the molecule is COc1cc2c(c(OC)c1OC)-c1ccc(N[C@@H](CC(C)C)C(=O)NCCc3ccccc3)c(=O)cc1[C@@H](NC(C)=O)CC2. The third kappa shape index (κ3) is 7.51. The molecule has 0 aromatic heterocycles. The summed E-state index contributed by atoms with van der Waals surface area (Å²) in [7, 11) is 4.68. The van der Waals surface area contributed by atoms with E-state index >= 15 is 0 Å². The Morgan fingerprint density at radius 1 is 0.955 bits per heavy atom. The average molecular weight is 602 g/mol. The summed E-state index contributed by atoms with van der Waals surface area (Å²) in [5.41, 5.74) is 4.25. The van der Waals surface area contributed by atoms with Crippen LogP contribution < -0.4 is 35.6 Å². The monoisotopic (exact) mass is 601 g/mol. The summed E-state index contributed by atoms with van der Waals surface area (Å²) in [5.74, 6) is 1.30. The van der Waals surface area contributed by atoms with Crippen LogP contribution in [0.5, 0.6) is 17.2 Å². The lowest BCUT2D eigenvalue weighted by atomic mass is 9.95. The van der Waals surface area contributed by atoms with Gasteiger partial charge in [0.1, 0.15) is 6.04 Å². The van der Waals surface area contributed by atoms with E-state index < -0.39 is 12.1 Å². The van der Waals surface area contributed by atoms with Gasteiger partial charge in [0.05, 0.1) is 33.1 Å². The van der Waals surface area contributed by atoms with E-state index in [1.54, 1.807) is 33.5 Å². The molecule has 1 aliphatic rings. The van der Waals surface area contributed by atoms with Crippen LogP contribution in [-0.4, -0.2) is 45.7 Å². The molecule has 0 saturated carbocycles. The summed E-state index contributed by atoms with van der Waals surface area (Å²) in [6.07, 6.45) is 2.41. The van der Waals surface area contributed by atoms with Crippen LogP contribution in [-0.2, 0) is 22.4 Å². The quantitative estimate of drug-likeness (QED) is 0.266. The number of hydrogen-bond donors (Lipinski definition) is 3. The first kappa shape index (κ1) is 32.4. The van der Waals surface area contributed by atoms with E-state index in [2.05, 4.69) is 16.0 Å². The number of rotatable bonds is 12. The minimum absolute atomic E-state index is 0.165. The minimum atomic E-state index is -0.613. The van der Waals surface area contributed by atoms with Crippen LogP contribution in [0.15, 0.2) is 59.4 Å². The van der Waals surface area contributed by atoms with Gasteiger partial charge >= 0.3 is 0 Å². The summed E-state index contributed by atoms with van der Waals surface area (Å²) < 4.78 is 17.1. The molecule has 234 valence electrons. The number of benzene rings is 2. The largest absolute Gasteiger partial charge is 0.493 e. The lowest BCUT2D eigenvalue weighted by Crippen LogP contribution is -2.42. The van der Waals surface area contributed by atoms with E-state index in [9.17, 15) is 14.4 Å². The number of methoxy groups -OCH3 is 3. The maximum Gasteiger partial charge on any atom is 0.242 e. The Bertz CT molecular complexity index is 1540. The molecule has 9 heteroatoms. The van der Waals surface area contributed by atoms with Crippen LogP contribution in [0.25, 0.3) is 11.1 Å². The zero-order chi connectivity index (χ0) is 31.8. The molecule has 44 heavy (non-hydrogen) atoms. The molecule has 0 aliphatic heterocycles. The molecule has 0 fully saturated rings. The number of carbonyl (C=O) groups excluding carboxylic acids is 2. The van der Waals surface area contributed by atoms with Gasteiger partial charge in [0.15, 0.2) is 11.5 Å². The molecule has 3 aromatic rings. The molecular formula is C35H43N3O6. The first-order chi connectivity index (χ1) is 21.2. The van der Waals surface area contributed by atoms with Crippen molar-refractivity contribution in [2.75, 3.05) is 33.2 Å². The van der Waals surface area contributed by atoms with Crippen LogP contribution in [0.4, 0.5) is 5.69 Å². The highest BCUT2D eigenvalue weighted by molar-refractivity contribution is 5.86. The van der Waals surface area contributed by atoms with Gasteiger partial charge in [0, 0.05) is 19.0 Å². The van der Waals surface area contributed by atoms with Crippen molar-refractivity contribution in [2.45, 2.75) is 58.5 Å². The molecular weight excluding hydrogens is 558 g/mol. The molecule has 0 bridgehead atoms. The normalized spacial score (nSPS) is 14.4. The molecule has 0 radical (unpaired) electrons. The molecule has 1 aliphatic carbocycles. The lowest BCUT2D eigenvalue weighted by Gasteiger charge is -2.20. The molecule has 0 unspecified atom stereocenters. The first-order valence-corrected chi connectivity index (χ1v) is 15.0. The summed E-state index contributed by atoms with van der Waals surface area (Å²) in [6.45, 7) is 6.03. The highest BCUT2D eigenvalue weighted by Gasteiger charge is 2.30. The van der Waals surface area contributed by atoms with Gasteiger partial charge in [0.2, 0.25) is 23.0 Å². The van der Waals surface area contributed by atoms with Crippen LogP contribution >= 0.6 is 0 Å². The van der Waals surface area contributed by atoms with E-state index in [-0.39, 0.29) is 23.2 Å². The molecule has 0 saturated heterocycles.